The summed E-state index contributed by atoms with van der Waals surface area (Å²) in [6.07, 6.45) is 0. The number of aryl methyl sites for hydroxylation is 1. The zero-order valence-electron chi connectivity index (χ0n) is 15.0. The van der Waals surface area contributed by atoms with Crippen molar-refractivity contribution < 1.29 is 4.79 Å². The van der Waals surface area contributed by atoms with Crippen LogP contribution in [0.2, 0.25) is 0 Å². The monoisotopic (exact) mass is 338 g/mol. The molecule has 0 bridgehead atoms. The van der Waals surface area contributed by atoms with Gasteiger partial charge in [0.2, 0.25) is 0 Å². The Morgan fingerprint density at radius 3 is 2.36 bits per heavy atom. The van der Waals surface area contributed by atoms with E-state index in [0.29, 0.717) is 6.54 Å². The van der Waals surface area contributed by atoms with Gasteiger partial charge in [0, 0.05) is 44.1 Å². The van der Waals surface area contributed by atoms with Crippen LogP contribution in [0.1, 0.15) is 11.1 Å². The van der Waals surface area contributed by atoms with Gasteiger partial charge in [-0.05, 0) is 49.4 Å². The third-order valence-electron chi connectivity index (χ3n) is 4.69. The first kappa shape index (κ1) is 17.3. The number of anilines is 2. The normalized spacial score (nSPS) is 15.0. The second kappa shape index (κ2) is 8.03. The van der Waals surface area contributed by atoms with Crippen molar-refractivity contribution in [3.63, 3.8) is 0 Å². The molecular weight excluding hydrogens is 312 g/mol. The summed E-state index contributed by atoms with van der Waals surface area (Å²) in [4.78, 5) is 16.8. The number of hydrogen-bond donors (Lipinski definition) is 2. The fraction of sp³-hybridized carbons (Fsp3) is 0.350. The van der Waals surface area contributed by atoms with Crippen LogP contribution in [0.25, 0.3) is 0 Å². The number of amides is 2. The van der Waals surface area contributed by atoms with Crippen LogP contribution in [-0.2, 0) is 6.54 Å². The molecule has 2 aromatic carbocycles. The van der Waals surface area contributed by atoms with Crippen molar-refractivity contribution in [1.29, 1.82) is 0 Å². The summed E-state index contributed by atoms with van der Waals surface area (Å²) < 4.78 is 0. The highest BCUT2D eigenvalue weighted by atomic mass is 16.2. The lowest BCUT2D eigenvalue weighted by molar-refractivity contribution is 0.251. The van der Waals surface area contributed by atoms with E-state index in [0.717, 1.165) is 37.4 Å². The van der Waals surface area contributed by atoms with Gasteiger partial charge in [0.25, 0.3) is 0 Å². The second-order valence-corrected chi connectivity index (χ2v) is 6.57. The van der Waals surface area contributed by atoms with Crippen molar-refractivity contribution in [2.75, 3.05) is 43.4 Å². The fourth-order valence-corrected chi connectivity index (χ4v) is 2.98. The maximum Gasteiger partial charge on any atom is 0.319 e. The van der Waals surface area contributed by atoms with Gasteiger partial charge in [0.05, 0.1) is 0 Å². The molecule has 1 fully saturated rings. The molecule has 25 heavy (non-hydrogen) atoms. The molecule has 2 amide bonds. The highest BCUT2D eigenvalue weighted by molar-refractivity contribution is 5.89. The summed E-state index contributed by atoms with van der Waals surface area (Å²) in [6.45, 7) is 6.83. The van der Waals surface area contributed by atoms with Crippen molar-refractivity contribution in [2.45, 2.75) is 13.5 Å². The molecule has 0 aromatic heterocycles. The molecule has 132 valence electrons. The third kappa shape index (κ3) is 4.73. The summed E-state index contributed by atoms with van der Waals surface area (Å²) in [5, 5.41) is 5.80. The molecule has 0 atom stereocenters. The van der Waals surface area contributed by atoms with Gasteiger partial charge in [-0.3, -0.25) is 0 Å². The number of carbonyl (C=O) groups excluding carboxylic acids is 1. The molecule has 5 heteroatoms. The minimum Gasteiger partial charge on any atom is -0.369 e. The number of nitrogens with zero attached hydrogens (tertiary/aromatic N) is 2. The predicted molar refractivity (Wildman–Crippen MR) is 103 cm³/mol. The molecule has 2 N–H and O–H groups in total. The average molecular weight is 338 g/mol. The van der Waals surface area contributed by atoms with Crippen LogP contribution in [0.4, 0.5) is 16.2 Å². The lowest BCUT2D eigenvalue weighted by Gasteiger charge is -2.34. The molecular formula is C20H26N4O. The van der Waals surface area contributed by atoms with Crippen LogP contribution in [0.5, 0.6) is 0 Å². The Kier molecular flexibility index (Phi) is 5.56. The van der Waals surface area contributed by atoms with E-state index in [2.05, 4.69) is 39.6 Å². The summed E-state index contributed by atoms with van der Waals surface area (Å²) in [5.41, 5.74) is 4.32. The van der Waals surface area contributed by atoms with Crippen LogP contribution in [0.15, 0.2) is 48.5 Å². The fourth-order valence-electron chi connectivity index (χ4n) is 2.98. The van der Waals surface area contributed by atoms with E-state index < -0.39 is 0 Å². The minimum atomic E-state index is -0.185. The van der Waals surface area contributed by atoms with E-state index in [4.69, 9.17) is 0 Å². The van der Waals surface area contributed by atoms with Gasteiger partial charge >= 0.3 is 6.03 Å². The summed E-state index contributed by atoms with van der Waals surface area (Å²) in [7, 11) is 2.15. The molecule has 1 saturated heterocycles. The van der Waals surface area contributed by atoms with Crippen LogP contribution in [-0.4, -0.2) is 44.2 Å². The lowest BCUT2D eigenvalue weighted by atomic mass is 10.1. The van der Waals surface area contributed by atoms with E-state index in [1.807, 2.05) is 43.3 Å². The van der Waals surface area contributed by atoms with Crippen LogP contribution in [0, 0.1) is 6.92 Å². The number of urea groups is 1. The lowest BCUT2D eigenvalue weighted by Crippen LogP contribution is -2.44. The molecule has 0 aliphatic carbocycles. The highest BCUT2D eigenvalue weighted by Crippen LogP contribution is 2.19. The summed E-state index contributed by atoms with van der Waals surface area (Å²) >= 11 is 0. The number of hydrogen-bond acceptors (Lipinski definition) is 3. The van der Waals surface area contributed by atoms with Gasteiger partial charge < -0.3 is 20.4 Å². The van der Waals surface area contributed by atoms with Gasteiger partial charge in [0.1, 0.15) is 0 Å². The minimum absolute atomic E-state index is 0.185. The van der Waals surface area contributed by atoms with Crippen molar-refractivity contribution in [3.05, 3.63) is 59.7 Å². The molecule has 1 aliphatic rings. The molecule has 1 aliphatic heterocycles. The largest absolute Gasteiger partial charge is 0.369 e. The first-order valence-corrected chi connectivity index (χ1v) is 8.75. The van der Waals surface area contributed by atoms with Crippen molar-refractivity contribution in [1.82, 2.24) is 10.2 Å². The molecule has 0 unspecified atom stereocenters. The van der Waals surface area contributed by atoms with Crippen molar-refractivity contribution >= 4 is 17.4 Å². The number of carbonyl (C=O) groups is 1. The molecule has 1 heterocycles. The Morgan fingerprint density at radius 2 is 1.68 bits per heavy atom. The number of rotatable bonds is 4. The second-order valence-electron chi connectivity index (χ2n) is 6.57. The SMILES string of the molecule is Cc1ccccc1CNC(=O)Nc1ccc(N2CCN(C)CC2)cc1. The summed E-state index contributed by atoms with van der Waals surface area (Å²) in [5.74, 6) is 0. The highest BCUT2D eigenvalue weighted by Gasteiger charge is 2.14. The Hall–Kier alpha value is -2.53. The molecule has 2 aromatic rings. The van der Waals surface area contributed by atoms with Crippen LogP contribution < -0.4 is 15.5 Å². The molecule has 3 rings (SSSR count). The first-order valence-electron chi connectivity index (χ1n) is 8.75. The molecule has 0 saturated carbocycles. The Labute approximate surface area is 149 Å². The van der Waals surface area contributed by atoms with E-state index in [9.17, 15) is 4.79 Å². The molecule has 5 nitrogen and oxygen atoms in total. The average Bonchev–Trinajstić information content (AvgIpc) is 2.62. The Bertz CT molecular complexity index is 706. The van der Waals surface area contributed by atoms with E-state index in [1.165, 1.54) is 11.3 Å². The van der Waals surface area contributed by atoms with Gasteiger partial charge in [0.15, 0.2) is 0 Å². The first-order chi connectivity index (χ1) is 12.1. The Morgan fingerprint density at radius 1 is 1.00 bits per heavy atom. The van der Waals surface area contributed by atoms with E-state index >= 15 is 0 Å². The van der Waals surface area contributed by atoms with E-state index in [1.54, 1.807) is 0 Å². The maximum atomic E-state index is 12.1. The zero-order valence-corrected chi connectivity index (χ0v) is 15.0. The third-order valence-corrected chi connectivity index (χ3v) is 4.69. The van der Waals surface area contributed by atoms with E-state index in [-0.39, 0.29) is 6.03 Å². The van der Waals surface area contributed by atoms with Gasteiger partial charge in [-0.25, -0.2) is 4.79 Å². The van der Waals surface area contributed by atoms with Crippen LogP contribution >= 0.6 is 0 Å². The Balaban J connectivity index is 1.51. The molecule has 0 spiro atoms. The smallest absolute Gasteiger partial charge is 0.319 e. The standard InChI is InChI=1S/C20H26N4O/c1-16-5-3-4-6-17(16)15-21-20(25)22-18-7-9-19(10-8-18)24-13-11-23(2)12-14-24/h3-10H,11-15H2,1-2H3,(H2,21,22,25). The van der Waals surface area contributed by atoms with Crippen LogP contribution in [0.3, 0.4) is 0 Å². The van der Waals surface area contributed by atoms with Crippen molar-refractivity contribution in [2.24, 2.45) is 0 Å². The number of likely N-dealkylation sites (N-methyl/N-ethyl adjacent to an activating group) is 1. The van der Waals surface area contributed by atoms with Gasteiger partial charge in [-0.15, -0.1) is 0 Å². The molecule has 0 radical (unpaired) electrons. The zero-order chi connectivity index (χ0) is 17.6. The number of nitrogens with one attached hydrogen (secondary N) is 2. The maximum absolute atomic E-state index is 12.1. The topological polar surface area (TPSA) is 47.6 Å². The number of benzene rings is 2. The van der Waals surface area contributed by atoms with Gasteiger partial charge in [-0.1, -0.05) is 24.3 Å². The quantitative estimate of drug-likeness (QED) is 0.901. The predicted octanol–water partition coefficient (Wildman–Crippen LogP) is 3.07. The van der Waals surface area contributed by atoms with Crippen molar-refractivity contribution in [3.8, 4) is 0 Å². The summed E-state index contributed by atoms with van der Waals surface area (Å²) in [6, 6.07) is 15.9. The van der Waals surface area contributed by atoms with Gasteiger partial charge in [-0.2, -0.15) is 0 Å². The number of piperazine rings is 1.